The Labute approximate surface area is 165 Å². The van der Waals surface area contributed by atoms with Gasteiger partial charge < -0.3 is 20.1 Å². The van der Waals surface area contributed by atoms with Gasteiger partial charge in [-0.2, -0.15) is 5.26 Å². The summed E-state index contributed by atoms with van der Waals surface area (Å²) in [5.74, 6) is 0.521. The van der Waals surface area contributed by atoms with E-state index in [9.17, 15) is 15.2 Å². The monoisotopic (exact) mass is 379 g/mol. The second kappa shape index (κ2) is 8.77. The molecule has 1 fully saturated rings. The van der Waals surface area contributed by atoms with Crippen molar-refractivity contribution in [3.8, 4) is 22.9 Å². The molecular weight excluding hydrogens is 354 g/mol. The molecule has 6 nitrogen and oxygen atoms in total. The lowest BCUT2D eigenvalue weighted by atomic mass is 9.73. The third kappa shape index (κ3) is 3.54. The average Bonchev–Trinajstić information content (AvgIpc) is 2.72. The van der Waals surface area contributed by atoms with Crippen LogP contribution in [0.25, 0.3) is 11.1 Å². The molecule has 146 valence electrons. The van der Waals surface area contributed by atoms with Crippen molar-refractivity contribution in [2.45, 2.75) is 31.3 Å². The zero-order valence-electron chi connectivity index (χ0n) is 16.1. The van der Waals surface area contributed by atoms with Crippen LogP contribution in [-0.2, 0) is 0 Å². The van der Waals surface area contributed by atoms with E-state index in [4.69, 9.17) is 4.74 Å². The summed E-state index contributed by atoms with van der Waals surface area (Å²) in [6.45, 7) is 2.31. The van der Waals surface area contributed by atoms with E-state index in [1.165, 1.54) is 4.90 Å². The van der Waals surface area contributed by atoms with Gasteiger partial charge in [-0.1, -0.05) is 43.3 Å². The Kier molecular flexibility index (Phi) is 6.17. The summed E-state index contributed by atoms with van der Waals surface area (Å²) in [7, 11) is 1.62. The van der Waals surface area contributed by atoms with E-state index >= 15 is 0 Å². The van der Waals surface area contributed by atoms with Gasteiger partial charge in [0.15, 0.2) is 0 Å². The van der Waals surface area contributed by atoms with Crippen LogP contribution in [0.1, 0.15) is 24.8 Å². The fourth-order valence-electron chi connectivity index (χ4n) is 3.80. The highest BCUT2D eigenvalue weighted by Gasteiger charge is 2.52. The van der Waals surface area contributed by atoms with Crippen LogP contribution in [0, 0.1) is 11.3 Å². The quantitative estimate of drug-likeness (QED) is 0.807. The lowest BCUT2D eigenvalue weighted by Gasteiger charge is -2.51. The largest absolute Gasteiger partial charge is 0.497 e. The van der Waals surface area contributed by atoms with Crippen LogP contribution in [0.2, 0.25) is 0 Å². The molecule has 3 rings (SSSR count). The topological polar surface area (TPSA) is 85.6 Å². The van der Waals surface area contributed by atoms with E-state index in [-0.39, 0.29) is 18.6 Å². The summed E-state index contributed by atoms with van der Waals surface area (Å²) in [6, 6.07) is 16.5. The first kappa shape index (κ1) is 19.7. The zero-order valence-corrected chi connectivity index (χ0v) is 16.1. The van der Waals surface area contributed by atoms with Crippen molar-refractivity contribution in [2.24, 2.45) is 0 Å². The summed E-state index contributed by atoms with van der Waals surface area (Å²) in [6.07, 6.45) is 0.810. The van der Waals surface area contributed by atoms with Crippen molar-refractivity contribution < 1.29 is 14.6 Å². The molecule has 2 aromatic rings. The van der Waals surface area contributed by atoms with Crippen molar-refractivity contribution in [1.82, 2.24) is 10.2 Å². The lowest BCUT2D eigenvalue weighted by Crippen LogP contribution is -2.67. The highest BCUT2D eigenvalue weighted by Crippen LogP contribution is 2.44. The van der Waals surface area contributed by atoms with E-state index in [1.54, 1.807) is 7.11 Å². The molecule has 1 aliphatic rings. The fourth-order valence-corrected chi connectivity index (χ4v) is 3.80. The number of hydrogen-bond donors (Lipinski definition) is 2. The SMILES string of the molecule is CCCNC(=O)N1[C@H](CO)[C@H](c2ccccc2-c2ccc(OC)cc2)[C@@H]1C#N. The smallest absolute Gasteiger partial charge is 0.318 e. The van der Waals surface area contributed by atoms with Crippen molar-refractivity contribution in [3.63, 3.8) is 0 Å². The first-order valence-corrected chi connectivity index (χ1v) is 9.46. The van der Waals surface area contributed by atoms with Crippen LogP contribution in [0.3, 0.4) is 0 Å². The van der Waals surface area contributed by atoms with Crippen LogP contribution in [0.5, 0.6) is 5.75 Å². The van der Waals surface area contributed by atoms with Crippen molar-refractivity contribution in [1.29, 1.82) is 5.26 Å². The number of urea groups is 1. The molecule has 0 spiro atoms. The number of ether oxygens (including phenoxy) is 1. The van der Waals surface area contributed by atoms with Crippen LogP contribution in [0.4, 0.5) is 4.79 Å². The van der Waals surface area contributed by atoms with Gasteiger partial charge in [0.1, 0.15) is 11.8 Å². The highest BCUT2D eigenvalue weighted by atomic mass is 16.5. The van der Waals surface area contributed by atoms with Gasteiger partial charge in [-0.25, -0.2) is 4.79 Å². The molecule has 2 amide bonds. The van der Waals surface area contributed by atoms with Gasteiger partial charge in [-0.05, 0) is 35.2 Å². The normalized spacial score (nSPS) is 20.8. The fraction of sp³-hybridized carbons (Fsp3) is 0.364. The Balaban J connectivity index is 1.94. The summed E-state index contributed by atoms with van der Waals surface area (Å²) >= 11 is 0. The second-order valence-electron chi connectivity index (χ2n) is 6.80. The number of rotatable bonds is 6. The van der Waals surface area contributed by atoms with Gasteiger partial charge in [-0.3, -0.25) is 0 Å². The van der Waals surface area contributed by atoms with Crippen LogP contribution < -0.4 is 10.1 Å². The summed E-state index contributed by atoms with van der Waals surface area (Å²) < 4.78 is 5.23. The Morgan fingerprint density at radius 2 is 1.96 bits per heavy atom. The molecule has 0 saturated carbocycles. The number of hydrogen-bond acceptors (Lipinski definition) is 4. The van der Waals surface area contributed by atoms with Crippen molar-refractivity contribution >= 4 is 6.03 Å². The maximum atomic E-state index is 12.5. The molecule has 1 heterocycles. The van der Waals surface area contributed by atoms with Gasteiger partial charge in [0.05, 0.1) is 25.8 Å². The number of nitriles is 1. The third-order valence-corrected chi connectivity index (χ3v) is 5.21. The highest BCUT2D eigenvalue weighted by molar-refractivity contribution is 5.78. The average molecular weight is 379 g/mol. The maximum Gasteiger partial charge on any atom is 0.318 e. The minimum atomic E-state index is -0.617. The predicted molar refractivity (Wildman–Crippen MR) is 107 cm³/mol. The van der Waals surface area contributed by atoms with E-state index in [0.29, 0.717) is 6.54 Å². The summed E-state index contributed by atoms with van der Waals surface area (Å²) in [4.78, 5) is 13.9. The molecule has 6 heteroatoms. The van der Waals surface area contributed by atoms with Gasteiger partial charge in [0.2, 0.25) is 0 Å². The number of benzene rings is 2. The van der Waals surface area contributed by atoms with Gasteiger partial charge in [0.25, 0.3) is 0 Å². The molecule has 28 heavy (non-hydrogen) atoms. The van der Waals surface area contributed by atoms with E-state index in [0.717, 1.165) is 28.9 Å². The molecule has 0 aliphatic carbocycles. The molecule has 0 radical (unpaired) electrons. The molecule has 0 aromatic heterocycles. The maximum absolute atomic E-state index is 12.5. The molecule has 1 aliphatic heterocycles. The van der Waals surface area contributed by atoms with Gasteiger partial charge in [-0.15, -0.1) is 0 Å². The Morgan fingerprint density at radius 3 is 2.57 bits per heavy atom. The number of aliphatic hydroxyl groups is 1. The van der Waals surface area contributed by atoms with Crippen LogP contribution in [-0.4, -0.2) is 48.4 Å². The first-order valence-electron chi connectivity index (χ1n) is 9.46. The molecular formula is C22H25N3O3. The lowest BCUT2D eigenvalue weighted by molar-refractivity contribution is 0.0171. The predicted octanol–water partition coefficient (Wildman–Crippen LogP) is 3.13. The summed E-state index contributed by atoms with van der Waals surface area (Å²) in [5, 5.41) is 22.5. The molecule has 2 N–H and O–H groups in total. The minimum absolute atomic E-state index is 0.195. The van der Waals surface area contributed by atoms with E-state index in [2.05, 4.69) is 11.4 Å². The van der Waals surface area contributed by atoms with E-state index < -0.39 is 12.1 Å². The zero-order chi connectivity index (χ0) is 20.1. The molecule has 1 saturated heterocycles. The van der Waals surface area contributed by atoms with E-state index in [1.807, 2.05) is 55.5 Å². The number of aliphatic hydroxyl groups excluding tert-OH is 1. The number of amides is 2. The second-order valence-corrected chi connectivity index (χ2v) is 6.80. The van der Waals surface area contributed by atoms with Crippen molar-refractivity contribution in [3.05, 3.63) is 54.1 Å². The Hall–Kier alpha value is -3.04. The molecule has 3 atom stereocenters. The number of carbonyl (C=O) groups excluding carboxylic acids is 1. The third-order valence-electron chi connectivity index (χ3n) is 5.21. The minimum Gasteiger partial charge on any atom is -0.497 e. The number of carbonyl (C=O) groups is 1. The van der Waals surface area contributed by atoms with Crippen molar-refractivity contribution in [2.75, 3.05) is 20.3 Å². The molecule has 0 unspecified atom stereocenters. The number of likely N-dealkylation sites (tertiary alicyclic amines) is 1. The standard InChI is InChI=1S/C22H25N3O3/c1-3-12-24-22(27)25-19(13-23)21(20(25)14-26)18-7-5-4-6-17(18)15-8-10-16(28-2)11-9-15/h4-11,19-21,26H,3,12,14H2,1-2H3,(H,24,27)/t19-,20+,21+/m0/s1. The number of nitrogens with zero attached hydrogens (tertiary/aromatic N) is 2. The number of nitrogens with one attached hydrogen (secondary N) is 1. The Morgan fingerprint density at radius 1 is 1.25 bits per heavy atom. The summed E-state index contributed by atoms with van der Waals surface area (Å²) in [5.41, 5.74) is 2.94. The van der Waals surface area contributed by atoms with Gasteiger partial charge in [0, 0.05) is 12.5 Å². The molecule has 0 bridgehead atoms. The Bertz CT molecular complexity index is 860. The van der Waals surface area contributed by atoms with Gasteiger partial charge >= 0.3 is 6.03 Å². The molecule has 2 aromatic carbocycles. The van der Waals surface area contributed by atoms with Crippen LogP contribution >= 0.6 is 0 Å². The first-order chi connectivity index (χ1) is 13.7. The number of methoxy groups -OCH3 is 1. The van der Waals surface area contributed by atoms with Crippen LogP contribution in [0.15, 0.2) is 48.5 Å².